The number of fused-ring (bicyclic) bond motifs is 1. The van der Waals surface area contributed by atoms with Crippen LogP contribution in [0.5, 0.6) is 11.5 Å². The molecule has 3 rings (SSSR count). The zero-order valence-electron chi connectivity index (χ0n) is 16.3. The van der Waals surface area contributed by atoms with Gasteiger partial charge in [-0.1, -0.05) is 24.9 Å². The quantitative estimate of drug-likeness (QED) is 0.252. The average Bonchev–Trinajstić information content (AvgIpc) is 2.73. The lowest BCUT2D eigenvalue weighted by atomic mass is 10.1. The zero-order chi connectivity index (χ0) is 21.5. The highest BCUT2D eigenvalue weighted by molar-refractivity contribution is 6.30. The molecule has 0 aliphatic heterocycles. The highest BCUT2D eigenvalue weighted by Gasteiger charge is 2.14. The zero-order valence-corrected chi connectivity index (χ0v) is 17.0. The molecule has 156 valence electrons. The van der Waals surface area contributed by atoms with Crippen molar-refractivity contribution in [1.82, 2.24) is 5.32 Å². The first-order valence-electron chi connectivity index (χ1n) is 9.41. The van der Waals surface area contributed by atoms with Crippen molar-refractivity contribution < 1.29 is 23.5 Å². The van der Waals surface area contributed by atoms with Crippen molar-refractivity contribution in [3.8, 4) is 11.5 Å². The van der Waals surface area contributed by atoms with Crippen molar-refractivity contribution in [3.63, 3.8) is 0 Å². The van der Waals surface area contributed by atoms with Crippen LogP contribution in [-0.4, -0.2) is 25.0 Å². The molecule has 3 aromatic rings. The molecule has 1 aromatic heterocycles. The van der Waals surface area contributed by atoms with Crippen molar-refractivity contribution in [2.45, 2.75) is 19.8 Å². The van der Waals surface area contributed by atoms with Gasteiger partial charge in [0.1, 0.15) is 22.6 Å². The van der Waals surface area contributed by atoms with Crippen molar-refractivity contribution in [2.24, 2.45) is 0 Å². The van der Waals surface area contributed by atoms with Crippen LogP contribution in [0.2, 0.25) is 5.02 Å². The summed E-state index contributed by atoms with van der Waals surface area (Å²) in [4.78, 5) is 36.3. The number of nitrogens with one attached hydrogen (secondary N) is 1. The van der Waals surface area contributed by atoms with Crippen LogP contribution in [0.4, 0.5) is 0 Å². The average molecular weight is 430 g/mol. The lowest BCUT2D eigenvalue weighted by Crippen LogP contribution is -2.28. The lowest BCUT2D eigenvalue weighted by molar-refractivity contribution is -0.136. The summed E-state index contributed by atoms with van der Waals surface area (Å²) in [6, 6.07) is 12.6. The molecule has 0 unspecified atom stereocenters. The van der Waals surface area contributed by atoms with Gasteiger partial charge in [0, 0.05) is 23.0 Å². The number of benzene rings is 2. The molecule has 0 fully saturated rings. The minimum atomic E-state index is -0.758. The Balaban J connectivity index is 1.66. The molecule has 0 bridgehead atoms. The Labute approximate surface area is 177 Å². The maximum atomic E-state index is 12.2. The second-order valence-electron chi connectivity index (χ2n) is 6.47. The van der Waals surface area contributed by atoms with Crippen molar-refractivity contribution in [2.75, 3.05) is 13.2 Å². The summed E-state index contributed by atoms with van der Waals surface area (Å²) in [6.45, 7) is 2.19. The smallest absolute Gasteiger partial charge is 0.349 e. The maximum Gasteiger partial charge on any atom is 0.349 e. The number of carbonyl (C=O) groups is 2. The van der Waals surface area contributed by atoms with Crippen molar-refractivity contribution in [3.05, 3.63) is 69.5 Å². The van der Waals surface area contributed by atoms with Crippen LogP contribution in [0, 0.1) is 0 Å². The molecule has 30 heavy (non-hydrogen) atoms. The standard InChI is InChI=1S/C22H20ClNO6/c1-2-3-10-24-21(26)18-11-14-4-7-17(12-19(14)30-22(18)27)29-20(25)13-28-16-8-5-15(23)6-9-16/h4-9,11-12H,2-3,10,13H2,1H3,(H,24,26). The van der Waals surface area contributed by atoms with E-state index < -0.39 is 17.5 Å². The van der Waals surface area contributed by atoms with Crippen LogP contribution in [0.15, 0.2) is 57.7 Å². The monoisotopic (exact) mass is 429 g/mol. The van der Waals surface area contributed by atoms with Crippen LogP contribution in [0.25, 0.3) is 11.0 Å². The molecule has 0 aliphatic rings. The minimum Gasteiger partial charge on any atom is -0.482 e. The van der Waals surface area contributed by atoms with E-state index in [1.54, 1.807) is 36.4 Å². The van der Waals surface area contributed by atoms with Crippen LogP contribution in [0.1, 0.15) is 30.1 Å². The fourth-order valence-electron chi connectivity index (χ4n) is 2.62. The predicted molar refractivity (Wildman–Crippen MR) is 112 cm³/mol. The van der Waals surface area contributed by atoms with Crippen LogP contribution in [-0.2, 0) is 4.79 Å². The van der Waals surface area contributed by atoms with E-state index in [0.717, 1.165) is 12.8 Å². The van der Waals surface area contributed by atoms with Crippen molar-refractivity contribution in [1.29, 1.82) is 0 Å². The number of amides is 1. The first-order chi connectivity index (χ1) is 14.5. The molecule has 1 N–H and O–H groups in total. The van der Waals surface area contributed by atoms with Gasteiger partial charge >= 0.3 is 11.6 Å². The first kappa shape index (κ1) is 21.4. The highest BCUT2D eigenvalue weighted by atomic mass is 35.5. The topological polar surface area (TPSA) is 94.8 Å². The molecule has 0 atom stereocenters. The molecule has 7 nitrogen and oxygen atoms in total. The normalized spacial score (nSPS) is 10.6. The molecular weight excluding hydrogens is 410 g/mol. The molecule has 0 aliphatic carbocycles. The van der Waals surface area contributed by atoms with E-state index in [1.165, 1.54) is 12.1 Å². The van der Waals surface area contributed by atoms with E-state index in [-0.39, 0.29) is 23.5 Å². The summed E-state index contributed by atoms with van der Waals surface area (Å²) in [6.07, 6.45) is 1.75. The Morgan fingerprint density at radius 2 is 1.80 bits per heavy atom. The Bertz CT molecular complexity index is 1110. The number of esters is 1. The maximum absolute atomic E-state index is 12.2. The number of carbonyl (C=O) groups excluding carboxylic acids is 2. The van der Waals surface area contributed by atoms with E-state index in [0.29, 0.717) is 22.7 Å². The van der Waals surface area contributed by atoms with Gasteiger partial charge in [-0.3, -0.25) is 4.79 Å². The van der Waals surface area contributed by atoms with Crippen LogP contribution < -0.4 is 20.4 Å². The molecule has 0 radical (unpaired) electrons. The fourth-order valence-corrected chi connectivity index (χ4v) is 2.75. The number of hydrogen-bond acceptors (Lipinski definition) is 6. The third kappa shape index (κ3) is 5.61. The van der Waals surface area contributed by atoms with E-state index in [9.17, 15) is 14.4 Å². The van der Waals surface area contributed by atoms with E-state index in [4.69, 9.17) is 25.5 Å². The molecule has 0 saturated heterocycles. The predicted octanol–water partition coefficient (Wildman–Crippen LogP) is 3.96. The molecule has 8 heteroatoms. The van der Waals surface area contributed by atoms with Gasteiger partial charge < -0.3 is 19.2 Å². The molecule has 1 heterocycles. The molecule has 0 saturated carbocycles. The Morgan fingerprint density at radius 1 is 1.07 bits per heavy atom. The van der Waals surface area contributed by atoms with E-state index in [2.05, 4.69) is 5.32 Å². The van der Waals surface area contributed by atoms with Gasteiger partial charge in [0.25, 0.3) is 5.91 Å². The second kappa shape index (κ2) is 9.93. The summed E-state index contributed by atoms with van der Waals surface area (Å²) in [7, 11) is 0. The number of rotatable bonds is 8. The Morgan fingerprint density at radius 3 is 2.53 bits per heavy atom. The molecule has 0 spiro atoms. The van der Waals surface area contributed by atoms with Gasteiger partial charge in [0.15, 0.2) is 6.61 Å². The summed E-state index contributed by atoms with van der Waals surface area (Å²) >= 11 is 5.80. The van der Waals surface area contributed by atoms with Crippen LogP contribution in [0.3, 0.4) is 0 Å². The van der Waals surface area contributed by atoms with Crippen LogP contribution >= 0.6 is 11.6 Å². The summed E-state index contributed by atoms with van der Waals surface area (Å²) in [5.41, 5.74) is -0.625. The Hall–Kier alpha value is -3.32. The molecular formula is C22H20ClNO6. The minimum absolute atomic E-state index is 0.0697. The SMILES string of the molecule is CCCCNC(=O)c1cc2ccc(OC(=O)COc3ccc(Cl)cc3)cc2oc1=O. The summed E-state index contributed by atoms with van der Waals surface area (Å²) in [5, 5.41) is 3.78. The number of hydrogen-bond donors (Lipinski definition) is 1. The van der Waals surface area contributed by atoms with Gasteiger partial charge in [0.05, 0.1) is 0 Å². The van der Waals surface area contributed by atoms with Gasteiger partial charge in [-0.15, -0.1) is 0 Å². The largest absolute Gasteiger partial charge is 0.482 e. The highest BCUT2D eigenvalue weighted by Crippen LogP contribution is 2.21. The molecule has 1 amide bonds. The third-order valence-electron chi connectivity index (χ3n) is 4.17. The first-order valence-corrected chi connectivity index (χ1v) is 9.79. The second-order valence-corrected chi connectivity index (χ2v) is 6.91. The fraction of sp³-hybridized carbons (Fsp3) is 0.227. The Kier molecular flexibility index (Phi) is 7.08. The number of halogens is 1. The van der Waals surface area contributed by atoms with Gasteiger partial charge in [-0.25, -0.2) is 9.59 Å². The number of unbranched alkanes of at least 4 members (excludes halogenated alkanes) is 1. The van der Waals surface area contributed by atoms with Gasteiger partial charge in [0.2, 0.25) is 0 Å². The van der Waals surface area contributed by atoms with Gasteiger partial charge in [-0.05, 0) is 48.9 Å². The van der Waals surface area contributed by atoms with E-state index >= 15 is 0 Å². The van der Waals surface area contributed by atoms with Crippen molar-refractivity contribution >= 4 is 34.4 Å². The lowest BCUT2D eigenvalue weighted by Gasteiger charge is -2.08. The van der Waals surface area contributed by atoms with E-state index in [1.807, 2.05) is 6.92 Å². The summed E-state index contributed by atoms with van der Waals surface area (Å²) < 4.78 is 15.8. The molecule has 2 aromatic carbocycles. The number of ether oxygens (including phenoxy) is 2. The summed E-state index contributed by atoms with van der Waals surface area (Å²) in [5.74, 6) is -0.436. The third-order valence-corrected chi connectivity index (χ3v) is 4.42. The van der Waals surface area contributed by atoms with Gasteiger partial charge in [-0.2, -0.15) is 0 Å².